The summed E-state index contributed by atoms with van der Waals surface area (Å²) in [6, 6.07) is 14.6. The van der Waals surface area contributed by atoms with Crippen molar-refractivity contribution in [1.82, 2.24) is 15.0 Å². The number of aromatic nitrogens is 3. The van der Waals surface area contributed by atoms with Crippen molar-refractivity contribution >= 4 is 0 Å². The van der Waals surface area contributed by atoms with E-state index in [0.717, 1.165) is 22.5 Å². The van der Waals surface area contributed by atoms with Crippen LogP contribution in [0.4, 0.5) is 0 Å². The smallest absolute Gasteiger partial charge is 0.117 e. The molecule has 0 fully saturated rings. The monoisotopic (exact) mass is 281 g/mol. The molecule has 1 heterocycles. The van der Waals surface area contributed by atoms with Crippen molar-refractivity contribution < 1.29 is 10.2 Å². The maximum absolute atomic E-state index is 9.50. The Labute approximate surface area is 122 Å². The first-order valence-corrected chi connectivity index (χ1v) is 6.61. The van der Waals surface area contributed by atoms with E-state index in [1.807, 2.05) is 31.2 Å². The molecule has 0 spiro atoms. The number of aliphatic hydroxyl groups is 1. The molecular formula is C16H15N3O2. The van der Waals surface area contributed by atoms with Crippen LogP contribution in [0.3, 0.4) is 0 Å². The molecular weight excluding hydrogens is 266 g/mol. The molecule has 0 bridgehead atoms. The van der Waals surface area contributed by atoms with E-state index in [0.29, 0.717) is 5.69 Å². The predicted octanol–water partition coefficient (Wildman–Crippen LogP) is 2.44. The molecule has 1 aromatic heterocycles. The molecule has 106 valence electrons. The average Bonchev–Trinajstić information content (AvgIpc) is 2.92. The number of phenols is 1. The first-order chi connectivity index (χ1) is 10.2. The minimum atomic E-state index is -0.179. The summed E-state index contributed by atoms with van der Waals surface area (Å²) in [4.78, 5) is 0. The Morgan fingerprint density at radius 1 is 1.10 bits per heavy atom. The van der Waals surface area contributed by atoms with E-state index >= 15 is 0 Å². The largest absolute Gasteiger partial charge is 0.508 e. The van der Waals surface area contributed by atoms with Gasteiger partial charge in [-0.25, -0.2) is 4.68 Å². The summed E-state index contributed by atoms with van der Waals surface area (Å²) in [5, 5.41) is 27.0. The molecule has 0 aliphatic carbocycles. The molecule has 21 heavy (non-hydrogen) atoms. The molecule has 0 aliphatic rings. The van der Waals surface area contributed by atoms with Gasteiger partial charge in [-0.1, -0.05) is 29.0 Å². The van der Waals surface area contributed by atoms with Crippen LogP contribution in [0.2, 0.25) is 0 Å². The van der Waals surface area contributed by atoms with Crippen molar-refractivity contribution in [2.24, 2.45) is 0 Å². The van der Waals surface area contributed by atoms with Gasteiger partial charge in [0.25, 0.3) is 0 Å². The van der Waals surface area contributed by atoms with Crippen molar-refractivity contribution in [3.8, 4) is 22.7 Å². The van der Waals surface area contributed by atoms with Gasteiger partial charge in [0.1, 0.15) is 17.1 Å². The lowest BCUT2D eigenvalue weighted by Gasteiger charge is -2.08. The number of aromatic hydroxyl groups is 1. The lowest BCUT2D eigenvalue weighted by Crippen LogP contribution is -2.00. The highest BCUT2D eigenvalue weighted by atomic mass is 16.3. The third-order valence-corrected chi connectivity index (χ3v) is 3.28. The number of hydrogen-bond donors (Lipinski definition) is 2. The standard InChI is InChI=1S/C16H15N3O2/c1-11-3-2-4-12(9-11)16-15(10-20)17-18-19(16)13-5-7-14(21)8-6-13/h2-9,20-21H,10H2,1H3. The quantitative estimate of drug-likeness (QED) is 0.773. The second-order valence-electron chi connectivity index (χ2n) is 4.84. The lowest BCUT2D eigenvalue weighted by atomic mass is 10.1. The highest BCUT2D eigenvalue weighted by Gasteiger charge is 2.15. The zero-order valence-corrected chi connectivity index (χ0v) is 11.6. The summed E-state index contributed by atoms with van der Waals surface area (Å²) in [6.45, 7) is 1.83. The van der Waals surface area contributed by atoms with E-state index in [9.17, 15) is 10.2 Å². The summed E-state index contributed by atoms with van der Waals surface area (Å²) in [5.74, 6) is 0.193. The first kappa shape index (κ1) is 13.3. The van der Waals surface area contributed by atoms with Gasteiger partial charge in [-0.15, -0.1) is 5.10 Å². The number of aryl methyl sites for hydroxylation is 1. The summed E-state index contributed by atoms with van der Waals surface area (Å²) in [6.07, 6.45) is 0. The second-order valence-corrected chi connectivity index (χ2v) is 4.84. The summed E-state index contributed by atoms with van der Waals surface area (Å²) < 4.78 is 1.67. The highest BCUT2D eigenvalue weighted by molar-refractivity contribution is 5.65. The average molecular weight is 281 g/mol. The molecule has 5 heteroatoms. The molecule has 0 aliphatic heterocycles. The van der Waals surface area contributed by atoms with Crippen molar-refractivity contribution in [2.45, 2.75) is 13.5 Å². The van der Waals surface area contributed by atoms with Crippen molar-refractivity contribution in [2.75, 3.05) is 0 Å². The van der Waals surface area contributed by atoms with Gasteiger partial charge in [-0.05, 0) is 37.3 Å². The van der Waals surface area contributed by atoms with Gasteiger partial charge in [0.15, 0.2) is 0 Å². The van der Waals surface area contributed by atoms with Crippen molar-refractivity contribution in [1.29, 1.82) is 0 Å². The maximum Gasteiger partial charge on any atom is 0.117 e. The van der Waals surface area contributed by atoms with Crippen LogP contribution in [-0.2, 0) is 6.61 Å². The highest BCUT2D eigenvalue weighted by Crippen LogP contribution is 2.26. The summed E-state index contributed by atoms with van der Waals surface area (Å²) in [7, 11) is 0. The Hall–Kier alpha value is -2.66. The maximum atomic E-state index is 9.50. The van der Waals surface area contributed by atoms with E-state index in [4.69, 9.17) is 0 Å². The normalized spacial score (nSPS) is 10.8. The molecule has 0 atom stereocenters. The molecule has 0 unspecified atom stereocenters. The SMILES string of the molecule is Cc1cccc(-c2c(CO)nnn2-c2ccc(O)cc2)c1. The Kier molecular flexibility index (Phi) is 3.41. The van der Waals surface area contributed by atoms with Crippen LogP contribution in [0.5, 0.6) is 5.75 Å². The predicted molar refractivity (Wildman–Crippen MR) is 79.1 cm³/mol. The molecule has 3 rings (SSSR count). The lowest BCUT2D eigenvalue weighted by molar-refractivity contribution is 0.277. The fourth-order valence-electron chi connectivity index (χ4n) is 2.28. The third kappa shape index (κ3) is 2.51. The number of aliphatic hydroxyl groups excluding tert-OH is 1. The first-order valence-electron chi connectivity index (χ1n) is 6.61. The fraction of sp³-hybridized carbons (Fsp3) is 0.125. The van der Waals surface area contributed by atoms with E-state index in [2.05, 4.69) is 10.3 Å². The number of phenolic OH excluding ortho intramolecular Hbond substituents is 1. The Balaban J connectivity index is 2.19. The zero-order chi connectivity index (χ0) is 14.8. The second kappa shape index (κ2) is 5.38. The van der Waals surface area contributed by atoms with Crippen LogP contribution in [0, 0.1) is 6.92 Å². The molecule has 0 radical (unpaired) electrons. The van der Waals surface area contributed by atoms with Gasteiger partial charge in [0, 0.05) is 5.56 Å². The molecule has 3 aromatic rings. The van der Waals surface area contributed by atoms with Crippen LogP contribution in [-0.4, -0.2) is 25.2 Å². The topological polar surface area (TPSA) is 71.2 Å². The molecule has 2 aromatic carbocycles. The van der Waals surface area contributed by atoms with Crippen LogP contribution in [0.1, 0.15) is 11.3 Å². The molecule has 2 N–H and O–H groups in total. The van der Waals surface area contributed by atoms with Crippen molar-refractivity contribution in [3.05, 3.63) is 59.8 Å². The number of benzene rings is 2. The Morgan fingerprint density at radius 3 is 2.52 bits per heavy atom. The van der Waals surface area contributed by atoms with Gasteiger partial charge in [0.05, 0.1) is 12.3 Å². The third-order valence-electron chi connectivity index (χ3n) is 3.28. The van der Waals surface area contributed by atoms with Crippen LogP contribution < -0.4 is 0 Å². The number of rotatable bonds is 3. The zero-order valence-electron chi connectivity index (χ0n) is 11.6. The number of hydrogen-bond acceptors (Lipinski definition) is 4. The Bertz CT molecular complexity index is 763. The molecule has 0 amide bonds. The minimum Gasteiger partial charge on any atom is -0.508 e. The van der Waals surface area contributed by atoms with Crippen LogP contribution in [0.25, 0.3) is 16.9 Å². The summed E-state index contributed by atoms with van der Waals surface area (Å²) in [5.41, 5.74) is 4.11. The molecule has 0 saturated heterocycles. The van der Waals surface area contributed by atoms with E-state index in [1.54, 1.807) is 28.9 Å². The van der Waals surface area contributed by atoms with E-state index in [1.165, 1.54) is 0 Å². The summed E-state index contributed by atoms with van der Waals surface area (Å²) >= 11 is 0. The minimum absolute atomic E-state index is 0.179. The van der Waals surface area contributed by atoms with Gasteiger partial charge >= 0.3 is 0 Å². The Morgan fingerprint density at radius 2 is 1.86 bits per heavy atom. The molecule has 0 saturated carbocycles. The van der Waals surface area contributed by atoms with E-state index < -0.39 is 0 Å². The van der Waals surface area contributed by atoms with Crippen LogP contribution >= 0.6 is 0 Å². The fourth-order valence-corrected chi connectivity index (χ4v) is 2.28. The van der Waals surface area contributed by atoms with E-state index in [-0.39, 0.29) is 12.4 Å². The van der Waals surface area contributed by atoms with Gasteiger partial charge in [0.2, 0.25) is 0 Å². The van der Waals surface area contributed by atoms with Gasteiger partial charge < -0.3 is 10.2 Å². The van der Waals surface area contributed by atoms with Gasteiger partial charge in [-0.2, -0.15) is 0 Å². The van der Waals surface area contributed by atoms with Gasteiger partial charge in [-0.3, -0.25) is 0 Å². The number of nitrogens with zero attached hydrogens (tertiary/aromatic N) is 3. The molecule has 5 nitrogen and oxygen atoms in total. The van der Waals surface area contributed by atoms with Crippen LogP contribution in [0.15, 0.2) is 48.5 Å². The van der Waals surface area contributed by atoms with Crippen molar-refractivity contribution in [3.63, 3.8) is 0 Å².